The number of hydrogen-bond donors (Lipinski definition) is 2. The number of rotatable bonds is 7. The number of anilines is 2. The number of nitrogens with one attached hydrogen (secondary N) is 2. The first kappa shape index (κ1) is 18.8. The Kier molecular flexibility index (Phi) is 5.96. The molecule has 6 nitrogen and oxygen atoms in total. The molecule has 142 valence electrons. The van der Waals surface area contributed by atoms with Gasteiger partial charge in [-0.3, -0.25) is 9.59 Å². The first-order chi connectivity index (χ1) is 13.1. The average molecular weight is 367 g/mol. The quantitative estimate of drug-likeness (QED) is 0.789. The van der Waals surface area contributed by atoms with E-state index < -0.39 is 6.04 Å². The van der Waals surface area contributed by atoms with E-state index in [1.165, 1.54) is 0 Å². The van der Waals surface area contributed by atoms with E-state index >= 15 is 0 Å². The summed E-state index contributed by atoms with van der Waals surface area (Å²) >= 11 is 0. The molecule has 2 N–H and O–H groups in total. The third-order valence-electron chi connectivity index (χ3n) is 4.63. The van der Waals surface area contributed by atoms with Crippen LogP contribution in [0.2, 0.25) is 0 Å². The third-order valence-corrected chi connectivity index (χ3v) is 4.63. The zero-order valence-electron chi connectivity index (χ0n) is 15.7. The maximum absolute atomic E-state index is 12.3. The summed E-state index contributed by atoms with van der Waals surface area (Å²) in [6, 6.07) is 14.9. The van der Waals surface area contributed by atoms with Crippen molar-refractivity contribution in [1.29, 1.82) is 0 Å². The summed E-state index contributed by atoms with van der Waals surface area (Å²) in [4.78, 5) is 26.1. The van der Waals surface area contributed by atoms with Crippen LogP contribution in [-0.4, -0.2) is 31.5 Å². The van der Waals surface area contributed by atoms with Crippen LogP contribution in [0.15, 0.2) is 48.5 Å². The van der Waals surface area contributed by atoms with E-state index in [9.17, 15) is 9.59 Å². The number of amides is 2. The van der Waals surface area contributed by atoms with Gasteiger partial charge in [-0.05, 0) is 31.0 Å². The van der Waals surface area contributed by atoms with Crippen LogP contribution in [-0.2, 0) is 16.1 Å². The van der Waals surface area contributed by atoms with E-state index in [0.29, 0.717) is 25.3 Å². The number of carbonyl (C=O) groups excluding carboxylic acids is 2. The molecule has 0 radical (unpaired) electrons. The van der Waals surface area contributed by atoms with Gasteiger partial charge >= 0.3 is 0 Å². The lowest BCUT2D eigenvalue weighted by Gasteiger charge is -2.21. The van der Waals surface area contributed by atoms with Crippen molar-refractivity contribution in [2.75, 3.05) is 23.9 Å². The second-order valence-corrected chi connectivity index (χ2v) is 6.60. The third kappa shape index (κ3) is 4.58. The van der Waals surface area contributed by atoms with Crippen LogP contribution in [0.25, 0.3) is 0 Å². The lowest BCUT2D eigenvalue weighted by atomic mass is 10.2. The number of nitrogens with zero attached hydrogens (tertiary/aromatic N) is 1. The van der Waals surface area contributed by atoms with Gasteiger partial charge in [-0.25, -0.2) is 0 Å². The van der Waals surface area contributed by atoms with Gasteiger partial charge in [0.05, 0.1) is 12.8 Å². The monoisotopic (exact) mass is 367 g/mol. The summed E-state index contributed by atoms with van der Waals surface area (Å²) in [7, 11) is 1.58. The largest absolute Gasteiger partial charge is 0.494 e. The Morgan fingerprint density at radius 2 is 2.00 bits per heavy atom. The summed E-state index contributed by atoms with van der Waals surface area (Å²) in [6.07, 6.45) is 1.43. The molecule has 3 rings (SSSR count). The van der Waals surface area contributed by atoms with Crippen LogP contribution in [0.4, 0.5) is 11.4 Å². The molecular formula is C21H25N3O3. The molecule has 1 fully saturated rings. The molecule has 1 heterocycles. The Balaban J connectivity index is 1.62. The smallest absolute Gasteiger partial charge is 0.242 e. The molecule has 1 aliphatic rings. The predicted octanol–water partition coefficient (Wildman–Crippen LogP) is 2.94. The Bertz CT molecular complexity index is 808. The SMILES string of the molecule is COc1cc(NC(C)C(=O)NCc2ccccc2)ccc1N1CCCC1=O. The summed E-state index contributed by atoms with van der Waals surface area (Å²) in [5.74, 6) is 0.645. The van der Waals surface area contributed by atoms with Crippen molar-refractivity contribution in [1.82, 2.24) is 5.32 Å². The van der Waals surface area contributed by atoms with Crippen LogP contribution in [0.5, 0.6) is 5.75 Å². The average Bonchev–Trinajstić information content (AvgIpc) is 3.12. The zero-order chi connectivity index (χ0) is 19.2. The molecule has 0 saturated carbocycles. The van der Waals surface area contributed by atoms with E-state index in [0.717, 1.165) is 23.4 Å². The van der Waals surface area contributed by atoms with Gasteiger partial charge in [0.15, 0.2) is 0 Å². The van der Waals surface area contributed by atoms with Gasteiger partial charge in [-0.1, -0.05) is 30.3 Å². The molecule has 0 aliphatic carbocycles. The van der Waals surface area contributed by atoms with E-state index in [-0.39, 0.29) is 11.8 Å². The van der Waals surface area contributed by atoms with Gasteiger partial charge in [0.2, 0.25) is 11.8 Å². The number of ether oxygens (including phenoxy) is 1. The molecule has 2 aromatic rings. The highest BCUT2D eigenvalue weighted by Gasteiger charge is 2.24. The Morgan fingerprint density at radius 3 is 2.67 bits per heavy atom. The molecule has 27 heavy (non-hydrogen) atoms. The Hall–Kier alpha value is -3.02. The molecule has 1 saturated heterocycles. The molecule has 0 aromatic heterocycles. The second kappa shape index (κ2) is 8.58. The lowest BCUT2D eigenvalue weighted by molar-refractivity contribution is -0.121. The first-order valence-electron chi connectivity index (χ1n) is 9.15. The molecule has 1 unspecified atom stereocenters. The van der Waals surface area contributed by atoms with E-state index in [2.05, 4.69) is 10.6 Å². The van der Waals surface area contributed by atoms with E-state index in [1.807, 2.05) is 55.5 Å². The minimum Gasteiger partial charge on any atom is -0.494 e. The second-order valence-electron chi connectivity index (χ2n) is 6.60. The minimum atomic E-state index is -0.405. The van der Waals surface area contributed by atoms with Gasteiger partial charge in [0.25, 0.3) is 0 Å². The molecule has 2 amide bonds. The number of carbonyl (C=O) groups is 2. The fourth-order valence-corrected chi connectivity index (χ4v) is 3.15. The lowest BCUT2D eigenvalue weighted by Crippen LogP contribution is -2.37. The molecule has 0 bridgehead atoms. The van der Waals surface area contributed by atoms with Crippen molar-refractivity contribution in [2.24, 2.45) is 0 Å². The highest BCUT2D eigenvalue weighted by Crippen LogP contribution is 2.34. The maximum Gasteiger partial charge on any atom is 0.242 e. The summed E-state index contributed by atoms with van der Waals surface area (Å²) in [5, 5.41) is 6.11. The number of methoxy groups -OCH3 is 1. The molecule has 6 heteroatoms. The molecule has 1 atom stereocenters. The van der Waals surface area contributed by atoms with Gasteiger partial charge in [0.1, 0.15) is 11.8 Å². The van der Waals surface area contributed by atoms with Crippen LogP contribution in [0.1, 0.15) is 25.3 Å². The van der Waals surface area contributed by atoms with Crippen molar-refractivity contribution in [2.45, 2.75) is 32.4 Å². The van der Waals surface area contributed by atoms with Crippen LogP contribution in [0.3, 0.4) is 0 Å². The standard InChI is InChI=1S/C21H25N3O3/c1-15(21(26)22-14-16-7-4-3-5-8-16)23-17-10-11-18(19(13-17)27-2)24-12-6-9-20(24)25/h3-5,7-8,10-11,13,15,23H,6,9,12,14H2,1-2H3,(H,22,26). The molecule has 0 spiro atoms. The highest BCUT2D eigenvalue weighted by molar-refractivity contribution is 5.97. The Labute approximate surface area is 159 Å². The maximum atomic E-state index is 12.3. The molecule has 2 aromatic carbocycles. The summed E-state index contributed by atoms with van der Waals surface area (Å²) in [6.45, 7) is 3.01. The van der Waals surface area contributed by atoms with Gasteiger partial charge in [0, 0.05) is 31.3 Å². The van der Waals surface area contributed by atoms with Crippen LogP contribution in [0, 0.1) is 0 Å². The van der Waals surface area contributed by atoms with Crippen molar-refractivity contribution in [3.63, 3.8) is 0 Å². The fraction of sp³-hybridized carbons (Fsp3) is 0.333. The number of hydrogen-bond acceptors (Lipinski definition) is 4. The Morgan fingerprint density at radius 1 is 1.22 bits per heavy atom. The van der Waals surface area contributed by atoms with Crippen molar-refractivity contribution in [3.05, 3.63) is 54.1 Å². The molecule has 1 aliphatic heterocycles. The van der Waals surface area contributed by atoms with Gasteiger partial charge in [-0.2, -0.15) is 0 Å². The molecular weight excluding hydrogens is 342 g/mol. The highest BCUT2D eigenvalue weighted by atomic mass is 16.5. The van der Waals surface area contributed by atoms with Gasteiger partial charge < -0.3 is 20.3 Å². The number of benzene rings is 2. The van der Waals surface area contributed by atoms with Crippen molar-refractivity contribution in [3.8, 4) is 5.75 Å². The summed E-state index contributed by atoms with van der Waals surface area (Å²) < 4.78 is 5.46. The zero-order valence-corrected chi connectivity index (χ0v) is 15.7. The van der Waals surface area contributed by atoms with Crippen molar-refractivity contribution < 1.29 is 14.3 Å². The normalized spacial score (nSPS) is 14.7. The van der Waals surface area contributed by atoms with Crippen LogP contribution < -0.4 is 20.3 Å². The van der Waals surface area contributed by atoms with Crippen LogP contribution >= 0.6 is 0 Å². The van der Waals surface area contributed by atoms with E-state index in [4.69, 9.17) is 4.74 Å². The fourth-order valence-electron chi connectivity index (χ4n) is 3.15. The topological polar surface area (TPSA) is 70.7 Å². The predicted molar refractivity (Wildman–Crippen MR) is 106 cm³/mol. The minimum absolute atomic E-state index is 0.0865. The van der Waals surface area contributed by atoms with Crippen molar-refractivity contribution >= 4 is 23.2 Å². The summed E-state index contributed by atoms with van der Waals surface area (Å²) in [5.41, 5.74) is 2.59. The van der Waals surface area contributed by atoms with E-state index in [1.54, 1.807) is 12.0 Å². The first-order valence-corrected chi connectivity index (χ1v) is 9.15. The van der Waals surface area contributed by atoms with Gasteiger partial charge in [-0.15, -0.1) is 0 Å².